The number of allylic oxidation sites excluding steroid dienone is 8. The Morgan fingerprint density at radius 3 is 0.965 bits per heavy atom. The van der Waals surface area contributed by atoms with Crippen LogP contribution in [-0.4, -0.2) is 49.3 Å². The molecule has 3 N–H and O–H groups in total. The molecular weight excluding hydrogens is 1070 g/mol. The van der Waals surface area contributed by atoms with Crippen LogP contribution in [-0.2, 0) is 32.7 Å². The van der Waals surface area contributed by atoms with Crippen LogP contribution < -0.4 is 5.73 Å². The van der Waals surface area contributed by atoms with Crippen LogP contribution in [0.5, 0.6) is 0 Å². The van der Waals surface area contributed by atoms with E-state index in [1.807, 2.05) is 0 Å². The van der Waals surface area contributed by atoms with Crippen molar-refractivity contribution >= 4 is 19.8 Å². The molecule has 0 aliphatic rings. The van der Waals surface area contributed by atoms with Crippen molar-refractivity contribution in [1.29, 1.82) is 0 Å². The number of carbonyl (C=O) groups excluding carboxylic acids is 2. The van der Waals surface area contributed by atoms with Gasteiger partial charge >= 0.3 is 19.8 Å². The second-order valence-electron chi connectivity index (χ2n) is 25.1. The Labute approximate surface area is 527 Å². The smallest absolute Gasteiger partial charge is 0.462 e. The van der Waals surface area contributed by atoms with Crippen molar-refractivity contribution in [2.45, 2.75) is 392 Å². The van der Waals surface area contributed by atoms with Gasteiger partial charge in [0.15, 0.2) is 6.10 Å². The van der Waals surface area contributed by atoms with E-state index in [0.29, 0.717) is 6.42 Å². The van der Waals surface area contributed by atoms with Crippen molar-refractivity contribution in [2.75, 3.05) is 26.4 Å². The van der Waals surface area contributed by atoms with E-state index in [2.05, 4.69) is 62.5 Å². The van der Waals surface area contributed by atoms with Crippen molar-refractivity contribution < 1.29 is 37.6 Å². The first kappa shape index (κ1) is 83.0. The topological polar surface area (TPSA) is 134 Å². The first-order valence-electron chi connectivity index (χ1n) is 37.1. The largest absolute Gasteiger partial charge is 0.472 e. The summed E-state index contributed by atoms with van der Waals surface area (Å²) in [6.45, 7) is 3.71. The van der Waals surface area contributed by atoms with Gasteiger partial charge < -0.3 is 20.1 Å². The molecule has 2 unspecified atom stereocenters. The number of hydrogen-bond acceptors (Lipinski definition) is 8. The molecule has 9 nitrogen and oxygen atoms in total. The van der Waals surface area contributed by atoms with Crippen LogP contribution in [0.25, 0.3) is 0 Å². The van der Waals surface area contributed by atoms with Gasteiger partial charge in [0.2, 0.25) is 0 Å². The molecule has 0 aliphatic heterocycles. The van der Waals surface area contributed by atoms with E-state index in [1.54, 1.807) is 0 Å². The van der Waals surface area contributed by atoms with E-state index >= 15 is 0 Å². The zero-order valence-corrected chi connectivity index (χ0v) is 57.3. The third-order valence-corrected chi connectivity index (χ3v) is 17.7. The molecule has 0 aromatic carbocycles. The molecular formula is C75H142NO8P. The molecule has 0 saturated heterocycles. The van der Waals surface area contributed by atoms with Gasteiger partial charge in [0.1, 0.15) is 6.61 Å². The molecule has 0 saturated carbocycles. The number of phosphoric ester groups is 1. The molecule has 0 fully saturated rings. The summed E-state index contributed by atoms with van der Waals surface area (Å²) in [5.41, 5.74) is 5.41. The number of phosphoric acid groups is 1. The second-order valence-corrected chi connectivity index (χ2v) is 26.6. The molecule has 0 spiro atoms. The van der Waals surface area contributed by atoms with Crippen molar-refractivity contribution in [1.82, 2.24) is 0 Å². The molecule has 0 aromatic rings. The van der Waals surface area contributed by atoms with Crippen LogP contribution in [0.3, 0.4) is 0 Å². The molecule has 500 valence electrons. The van der Waals surface area contributed by atoms with E-state index in [4.69, 9.17) is 24.3 Å². The van der Waals surface area contributed by atoms with Gasteiger partial charge in [-0.1, -0.05) is 371 Å². The first-order chi connectivity index (χ1) is 41.8. The van der Waals surface area contributed by atoms with Crippen LogP contribution >= 0.6 is 7.82 Å². The molecule has 0 rings (SSSR count). The van der Waals surface area contributed by atoms with Crippen LogP contribution in [0.2, 0.25) is 0 Å². The van der Waals surface area contributed by atoms with Crippen LogP contribution in [0, 0.1) is 0 Å². The van der Waals surface area contributed by atoms with Gasteiger partial charge in [0, 0.05) is 19.4 Å². The van der Waals surface area contributed by atoms with Gasteiger partial charge in [-0.2, -0.15) is 0 Å². The van der Waals surface area contributed by atoms with Gasteiger partial charge in [-0.05, 0) is 51.4 Å². The molecule has 0 aromatic heterocycles. The predicted molar refractivity (Wildman–Crippen MR) is 367 cm³/mol. The minimum atomic E-state index is -4.39. The molecule has 0 bridgehead atoms. The van der Waals surface area contributed by atoms with Crippen molar-refractivity contribution in [2.24, 2.45) is 5.73 Å². The fraction of sp³-hybridized carbons (Fsp3) is 0.867. The summed E-state index contributed by atoms with van der Waals surface area (Å²) in [4.78, 5) is 35.4. The molecule has 2 atom stereocenters. The van der Waals surface area contributed by atoms with E-state index in [0.717, 1.165) is 57.8 Å². The van der Waals surface area contributed by atoms with Gasteiger partial charge in [0.25, 0.3) is 0 Å². The minimum Gasteiger partial charge on any atom is -0.462 e. The monoisotopic (exact) mass is 1220 g/mol. The highest BCUT2D eigenvalue weighted by Gasteiger charge is 2.26. The Morgan fingerprint density at radius 1 is 0.365 bits per heavy atom. The fourth-order valence-electron chi connectivity index (χ4n) is 11.3. The molecule has 0 aliphatic carbocycles. The van der Waals surface area contributed by atoms with Gasteiger partial charge in [-0.15, -0.1) is 0 Å². The Balaban J connectivity index is 3.78. The third kappa shape index (κ3) is 70.9. The molecule has 10 heteroatoms. The second kappa shape index (κ2) is 71.1. The summed E-state index contributed by atoms with van der Waals surface area (Å²) in [6, 6.07) is 0. The van der Waals surface area contributed by atoms with E-state index in [9.17, 15) is 19.0 Å². The fourth-order valence-corrected chi connectivity index (χ4v) is 12.0. The maximum atomic E-state index is 12.8. The van der Waals surface area contributed by atoms with Crippen molar-refractivity contribution in [3.05, 3.63) is 48.6 Å². The van der Waals surface area contributed by atoms with Crippen LogP contribution in [0.1, 0.15) is 386 Å². The molecule has 0 amide bonds. The van der Waals surface area contributed by atoms with E-state index < -0.39 is 26.5 Å². The van der Waals surface area contributed by atoms with E-state index in [1.165, 1.54) is 295 Å². The predicted octanol–water partition coefficient (Wildman–Crippen LogP) is 24.4. The number of rotatable bonds is 71. The first-order valence-corrected chi connectivity index (χ1v) is 38.6. The molecule has 0 radical (unpaired) electrons. The summed E-state index contributed by atoms with van der Waals surface area (Å²) < 4.78 is 33.2. The number of ether oxygens (including phenoxy) is 2. The highest BCUT2D eigenvalue weighted by atomic mass is 31.2. The summed E-state index contributed by atoms with van der Waals surface area (Å²) in [5, 5.41) is 0. The normalized spacial score (nSPS) is 13.1. The lowest BCUT2D eigenvalue weighted by atomic mass is 10.0. The maximum absolute atomic E-state index is 12.8. The van der Waals surface area contributed by atoms with Gasteiger partial charge in [-0.25, -0.2) is 4.57 Å². The Hall–Kier alpha value is -2.03. The van der Waals surface area contributed by atoms with Gasteiger partial charge in [0.05, 0.1) is 13.2 Å². The number of unbranched alkanes of at least 4 members (excludes halogenated alkanes) is 50. The summed E-state index contributed by atoms with van der Waals surface area (Å²) in [6.07, 6.45) is 90.9. The third-order valence-electron chi connectivity index (χ3n) is 16.7. The van der Waals surface area contributed by atoms with Crippen molar-refractivity contribution in [3.8, 4) is 0 Å². The lowest BCUT2D eigenvalue weighted by molar-refractivity contribution is -0.161. The lowest BCUT2D eigenvalue weighted by Crippen LogP contribution is -2.29. The standard InChI is InChI=1S/C75H142NO8P/c1-3-5-7-9-11-13-15-17-19-21-23-25-27-29-31-33-34-35-36-37-38-40-42-44-46-48-50-52-54-56-58-60-62-64-66-68-75(78)84-73(72-83-85(79,80)82-70-69-76)71-81-74(77)67-65-63-61-59-57-55-53-51-49-47-45-43-41-39-32-30-28-26-24-22-20-18-16-14-12-10-8-6-4-2/h5,7,11,13,17,19,23,25,73H,3-4,6,8-10,12,14-16,18,20-22,24,26-72,76H2,1-2H3,(H,79,80)/b7-5-,13-11-,19-17-,25-23-. The zero-order valence-electron chi connectivity index (χ0n) is 56.4. The van der Waals surface area contributed by atoms with Crippen LogP contribution in [0.4, 0.5) is 0 Å². The Morgan fingerprint density at radius 2 is 0.647 bits per heavy atom. The van der Waals surface area contributed by atoms with Crippen LogP contribution in [0.15, 0.2) is 48.6 Å². The average Bonchev–Trinajstić information content (AvgIpc) is 3.52. The Bertz CT molecular complexity index is 1530. The number of esters is 2. The average molecular weight is 1220 g/mol. The molecule has 0 heterocycles. The lowest BCUT2D eigenvalue weighted by Gasteiger charge is -2.19. The number of hydrogen-bond donors (Lipinski definition) is 2. The summed E-state index contributed by atoms with van der Waals surface area (Å²) in [7, 11) is -4.39. The quantitative estimate of drug-likeness (QED) is 0.0264. The molecule has 85 heavy (non-hydrogen) atoms. The Kier molecular flexibility index (Phi) is 69.4. The van der Waals surface area contributed by atoms with Gasteiger partial charge in [-0.3, -0.25) is 18.6 Å². The van der Waals surface area contributed by atoms with E-state index in [-0.39, 0.29) is 38.6 Å². The van der Waals surface area contributed by atoms with Crippen molar-refractivity contribution in [3.63, 3.8) is 0 Å². The summed E-state index contributed by atoms with van der Waals surface area (Å²) >= 11 is 0. The summed E-state index contributed by atoms with van der Waals surface area (Å²) in [5.74, 6) is -0.802. The zero-order chi connectivity index (χ0) is 61.6. The number of carbonyl (C=O) groups is 2. The SMILES string of the molecule is CC/C=C\C/C=C\C/C=C\C/C=C\CCCCCCCCCCCCCCCCCCCCCCCCC(=O)OC(COC(=O)CCCCCCCCCCCCCCCCCCCCCCCCCCCCCCC)COP(=O)(O)OCCN. The number of nitrogens with two attached hydrogens (primary N) is 1. The maximum Gasteiger partial charge on any atom is 0.472 e. The highest BCUT2D eigenvalue weighted by Crippen LogP contribution is 2.43. The highest BCUT2D eigenvalue weighted by molar-refractivity contribution is 7.47. The minimum absolute atomic E-state index is 0.0562.